The standard InChI is InChI=1S/C31H39N7/c1-36(2)28(22-37-16-13-23-8-6-7-9-26(23)21-37)20-33-29-18-24(12-15-32-29)30-34-19-25-14-17-38(31(25)35-30)27-10-4-3-5-11-27/h6-9,12,14-15,17-19,27-28H,3-5,10-11,13,16,20-22H2,1-2H3,(H,32,33). The van der Waals surface area contributed by atoms with Gasteiger partial charge in [-0.3, -0.25) is 4.90 Å². The summed E-state index contributed by atoms with van der Waals surface area (Å²) in [6.07, 6.45) is 13.6. The smallest absolute Gasteiger partial charge is 0.161 e. The summed E-state index contributed by atoms with van der Waals surface area (Å²) in [6, 6.07) is 16.0. The molecule has 4 aromatic rings. The van der Waals surface area contributed by atoms with Crippen LogP contribution in [0.3, 0.4) is 0 Å². The lowest BCUT2D eigenvalue weighted by Crippen LogP contribution is -2.45. The molecule has 7 heteroatoms. The van der Waals surface area contributed by atoms with Crippen molar-refractivity contribution in [1.29, 1.82) is 0 Å². The number of nitrogens with zero attached hydrogens (tertiary/aromatic N) is 6. The summed E-state index contributed by atoms with van der Waals surface area (Å²) in [5.74, 6) is 1.62. The van der Waals surface area contributed by atoms with E-state index in [1.807, 2.05) is 18.5 Å². The molecule has 38 heavy (non-hydrogen) atoms. The van der Waals surface area contributed by atoms with E-state index in [-0.39, 0.29) is 0 Å². The number of rotatable bonds is 8. The molecular weight excluding hydrogens is 470 g/mol. The highest BCUT2D eigenvalue weighted by Gasteiger charge is 2.21. The minimum absolute atomic E-state index is 0.372. The predicted octanol–water partition coefficient (Wildman–Crippen LogP) is 5.40. The average molecular weight is 510 g/mol. The Morgan fingerprint density at radius 3 is 2.71 bits per heavy atom. The highest BCUT2D eigenvalue weighted by molar-refractivity contribution is 5.77. The lowest BCUT2D eigenvalue weighted by molar-refractivity contribution is 0.177. The van der Waals surface area contributed by atoms with Crippen molar-refractivity contribution in [1.82, 2.24) is 29.3 Å². The van der Waals surface area contributed by atoms with Gasteiger partial charge >= 0.3 is 0 Å². The number of pyridine rings is 1. The second kappa shape index (κ2) is 11.2. The molecule has 1 fully saturated rings. The fourth-order valence-corrected chi connectivity index (χ4v) is 6.04. The SMILES string of the molecule is CN(C)C(CNc1cc(-c2ncc3ccn(C4CCCCC4)c3n2)ccn1)CN1CCc2ccccc2C1. The molecule has 0 spiro atoms. The number of hydrogen-bond acceptors (Lipinski definition) is 6. The molecule has 1 atom stereocenters. The van der Waals surface area contributed by atoms with E-state index in [4.69, 9.17) is 9.97 Å². The van der Waals surface area contributed by atoms with Gasteiger partial charge in [0.2, 0.25) is 0 Å². The molecule has 1 aliphatic heterocycles. The third-order valence-corrected chi connectivity index (χ3v) is 8.37. The van der Waals surface area contributed by atoms with E-state index in [0.29, 0.717) is 12.1 Å². The van der Waals surface area contributed by atoms with Gasteiger partial charge in [0.15, 0.2) is 5.82 Å². The van der Waals surface area contributed by atoms with E-state index >= 15 is 0 Å². The van der Waals surface area contributed by atoms with Gasteiger partial charge in [0.1, 0.15) is 11.5 Å². The maximum atomic E-state index is 5.02. The molecule has 2 aliphatic rings. The van der Waals surface area contributed by atoms with Gasteiger partial charge in [0.05, 0.1) is 0 Å². The normalized spacial score (nSPS) is 17.6. The van der Waals surface area contributed by atoms with E-state index in [2.05, 4.69) is 81.4 Å². The van der Waals surface area contributed by atoms with Crippen molar-refractivity contribution in [2.75, 3.05) is 39.0 Å². The average Bonchev–Trinajstić information content (AvgIpc) is 3.39. The summed E-state index contributed by atoms with van der Waals surface area (Å²) in [6.45, 7) is 3.98. The van der Waals surface area contributed by atoms with E-state index in [1.165, 1.54) is 43.2 Å². The maximum absolute atomic E-state index is 5.02. The summed E-state index contributed by atoms with van der Waals surface area (Å²) < 4.78 is 2.38. The number of anilines is 1. The van der Waals surface area contributed by atoms with Crippen molar-refractivity contribution in [3.8, 4) is 11.4 Å². The monoisotopic (exact) mass is 509 g/mol. The molecule has 1 saturated carbocycles. The van der Waals surface area contributed by atoms with Gasteiger partial charge in [0, 0.05) is 67.8 Å². The van der Waals surface area contributed by atoms with Crippen LogP contribution >= 0.6 is 0 Å². The molecule has 1 N–H and O–H groups in total. The third kappa shape index (κ3) is 5.45. The molecule has 1 aromatic carbocycles. The molecule has 3 aromatic heterocycles. The van der Waals surface area contributed by atoms with Crippen LogP contribution in [0.4, 0.5) is 5.82 Å². The van der Waals surface area contributed by atoms with E-state index < -0.39 is 0 Å². The van der Waals surface area contributed by atoms with Crippen LogP contribution in [-0.4, -0.2) is 69.1 Å². The second-order valence-electron chi connectivity index (χ2n) is 11.2. The fourth-order valence-electron chi connectivity index (χ4n) is 6.04. The van der Waals surface area contributed by atoms with Crippen molar-refractivity contribution in [3.63, 3.8) is 0 Å². The molecule has 198 valence electrons. The number of hydrogen-bond donors (Lipinski definition) is 1. The summed E-state index contributed by atoms with van der Waals surface area (Å²) in [7, 11) is 4.33. The minimum Gasteiger partial charge on any atom is -0.368 e. The van der Waals surface area contributed by atoms with Crippen LogP contribution in [-0.2, 0) is 13.0 Å². The Hall–Kier alpha value is -3.29. The molecule has 1 aliphatic carbocycles. The highest BCUT2D eigenvalue weighted by atomic mass is 15.2. The van der Waals surface area contributed by atoms with Crippen LogP contribution in [0.1, 0.15) is 49.3 Å². The molecule has 0 radical (unpaired) electrons. The van der Waals surface area contributed by atoms with E-state index in [0.717, 1.165) is 60.8 Å². The first kappa shape index (κ1) is 25.0. The molecule has 1 unspecified atom stereocenters. The maximum Gasteiger partial charge on any atom is 0.161 e. The van der Waals surface area contributed by atoms with Crippen LogP contribution in [0.5, 0.6) is 0 Å². The van der Waals surface area contributed by atoms with Gasteiger partial charge in [-0.25, -0.2) is 15.0 Å². The van der Waals surface area contributed by atoms with Crippen molar-refractivity contribution in [2.45, 2.75) is 57.2 Å². The Labute approximate surface area is 225 Å². The van der Waals surface area contributed by atoms with Crippen molar-refractivity contribution in [3.05, 3.63) is 72.2 Å². The molecule has 6 rings (SSSR count). The van der Waals surface area contributed by atoms with Gasteiger partial charge in [-0.05, 0) is 62.7 Å². The number of likely N-dealkylation sites (N-methyl/N-ethyl adjacent to an activating group) is 1. The Kier molecular flexibility index (Phi) is 7.38. The highest BCUT2D eigenvalue weighted by Crippen LogP contribution is 2.31. The Bertz CT molecular complexity index is 1370. The quantitative estimate of drug-likeness (QED) is 0.343. The molecular formula is C31H39N7. The largest absolute Gasteiger partial charge is 0.368 e. The number of benzene rings is 1. The van der Waals surface area contributed by atoms with E-state index in [9.17, 15) is 0 Å². The van der Waals surface area contributed by atoms with Crippen LogP contribution in [0.2, 0.25) is 0 Å². The first-order valence-corrected chi connectivity index (χ1v) is 14.1. The van der Waals surface area contributed by atoms with E-state index in [1.54, 1.807) is 0 Å². The first-order chi connectivity index (χ1) is 18.6. The molecule has 7 nitrogen and oxygen atoms in total. The van der Waals surface area contributed by atoms with Crippen molar-refractivity contribution in [2.24, 2.45) is 0 Å². The number of nitrogens with one attached hydrogen (secondary N) is 1. The van der Waals surface area contributed by atoms with Crippen LogP contribution in [0.25, 0.3) is 22.4 Å². The summed E-state index contributed by atoms with van der Waals surface area (Å²) in [4.78, 5) is 19.2. The molecule has 0 saturated heterocycles. The van der Waals surface area contributed by atoms with Crippen LogP contribution in [0, 0.1) is 0 Å². The molecule has 4 heterocycles. The van der Waals surface area contributed by atoms with Gasteiger partial charge in [-0.2, -0.15) is 0 Å². The third-order valence-electron chi connectivity index (χ3n) is 8.37. The van der Waals surface area contributed by atoms with Crippen LogP contribution in [0.15, 0.2) is 61.1 Å². The molecule has 0 amide bonds. The summed E-state index contributed by atoms with van der Waals surface area (Å²) in [5.41, 5.74) is 5.00. The zero-order valence-electron chi connectivity index (χ0n) is 22.7. The van der Waals surface area contributed by atoms with Crippen LogP contribution < -0.4 is 5.32 Å². The second-order valence-corrected chi connectivity index (χ2v) is 11.2. The summed E-state index contributed by atoms with van der Waals surface area (Å²) in [5, 5.41) is 4.71. The zero-order chi connectivity index (χ0) is 25.9. The van der Waals surface area contributed by atoms with Crippen molar-refractivity contribution >= 4 is 16.9 Å². The van der Waals surface area contributed by atoms with Gasteiger partial charge in [-0.1, -0.05) is 43.5 Å². The number of fused-ring (bicyclic) bond motifs is 2. The fraction of sp³-hybridized carbons (Fsp3) is 0.452. The lowest BCUT2D eigenvalue weighted by Gasteiger charge is -2.34. The number of aromatic nitrogens is 4. The van der Waals surface area contributed by atoms with Gasteiger partial charge in [-0.15, -0.1) is 0 Å². The van der Waals surface area contributed by atoms with Gasteiger partial charge < -0.3 is 14.8 Å². The predicted molar refractivity (Wildman–Crippen MR) is 154 cm³/mol. The Morgan fingerprint density at radius 2 is 1.87 bits per heavy atom. The Balaban J connectivity index is 1.14. The topological polar surface area (TPSA) is 62.1 Å². The first-order valence-electron chi connectivity index (χ1n) is 14.1. The van der Waals surface area contributed by atoms with Crippen molar-refractivity contribution < 1.29 is 0 Å². The Morgan fingerprint density at radius 1 is 1.03 bits per heavy atom. The molecule has 0 bridgehead atoms. The minimum atomic E-state index is 0.372. The van der Waals surface area contributed by atoms with Gasteiger partial charge in [0.25, 0.3) is 0 Å². The summed E-state index contributed by atoms with van der Waals surface area (Å²) >= 11 is 0. The lowest BCUT2D eigenvalue weighted by atomic mass is 9.95. The zero-order valence-corrected chi connectivity index (χ0v) is 22.7.